The lowest BCUT2D eigenvalue weighted by atomic mass is 10.2. The molecule has 28 heavy (non-hydrogen) atoms. The molecule has 136 valence electrons. The largest absolute Gasteiger partial charge is 0.462 e. The summed E-state index contributed by atoms with van der Waals surface area (Å²) < 4.78 is 5.33. The van der Waals surface area contributed by atoms with E-state index >= 15 is 0 Å². The number of carbonyl (C=O) groups is 1. The Bertz CT molecular complexity index is 1140. The second kappa shape index (κ2) is 8.33. The zero-order valence-electron chi connectivity index (χ0n) is 14.8. The summed E-state index contributed by atoms with van der Waals surface area (Å²) in [6.07, 6.45) is 3.50. The molecule has 0 saturated heterocycles. The molecule has 3 aromatic heterocycles. The van der Waals surface area contributed by atoms with Crippen LogP contribution in [0.3, 0.4) is 0 Å². The van der Waals surface area contributed by atoms with Gasteiger partial charge >= 0.3 is 0 Å². The smallest absolute Gasteiger partial charge is 0.230 e. The Hall–Kier alpha value is -3.69. The summed E-state index contributed by atoms with van der Waals surface area (Å²) in [4.78, 5) is 21.0. The molecule has 0 aliphatic rings. The van der Waals surface area contributed by atoms with E-state index in [4.69, 9.17) is 4.42 Å². The van der Waals surface area contributed by atoms with Gasteiger partial charge in [0, 0.05) is 22.8 Å². The Morgan fingerprint density at radius 1 is 1.11 bits per heavy atom. The fourth-order valence-corrected chi connectivity index (χ4v) is 3.30. The van der Waals surface area contributed by atoms with Crippen LogP contribution in [0.15, 0.2) is 76.9 Å². The van der Waals surface area contributed by atoms with E-state index in [2.05, 4.69) is 27.1 Å². The average molecular weight is 385 g/mol. The third-order valence-corrected chi connectivity index (χ3v) is 4.68. The van der Waals surface area contributed by atoms with Crippen LogP contribution in [0.1, 0.15) is 17.0 Å². The summed E-state index contributed by atoms with van der Waals surface area (Å²) in [6.45, 7) is 0. The predicted molar refractivity (Wildman–Crippen MR) is 109 cm³/mol. The van der Waals surface area contributed by atoms with Crippen LogP contribution in [-0.2, 0) is 11.2 Å². The number of benzene rings is 1. The molecule has 0 saturated carbocycles. The number of hydrogen-bond donors (Lipinski definition) is 1. The van der Waals surface area contributed by atoms with Gasteiger partial charge in [-0.25, -0.2) is 9.97 Å². The fourth-order valence-electron chi connectivity index (χ4n) is 2.52. The number of thiazole rings is 1. The summed E-state index contributed by atoms with van der Waals surface area (Å²) in [6, 6.07) is 16.7. The Kier molecular flexibility index (Phi) is 5.27. The number of amides is 1. The van der Waals surface area contributed by atoms with Gasteiger partial charge < -0.3 is 9.73 Å². The molecule has 0 aliphatic carbocycles. The van der Waals surface area contributed by atoms with E-state index in [1.807, 2.05) is 60.0 Å². The maximum Gasteiger partial charge on any atom is 0.230 e. The second-order valence-electron chi connectivity index (χ2n) is 5.89. The summed E-state index contributed by atoms with van der Waals surface area (Å²) >= 11 is 1.45. The molecular weight excluding hydrogens is 370 g/mol. The first-order valence-corrected chi connectivity index (χ1v) is 9.45. The van der Waals surface area contributed by atoms with Gasteiger partial charge in [-0.05, 0) is 48.4 Å². The number of anilines is 1. The maximum atomic E-state index is 12.4. The van der Waals surface area contributed by atoms with Crippen molar-refractivity contribution in [3.8, 4) is 22.6 Å². The second-order valence-corrected chi connectivity index (χ2v) is 6.75. The molecule has 3 heterocycles. The first-order chi connectivity index (χ1) is 13.8. The highest BCUT2D eigenvalue weighted by Crippen LogP contribution is 2.24. The molecular formula is C22H15N3O2S. The number of nitrogens with zero attached hydrogens (tertiary/aromatic N) is 2. The molecule has 0 unspecified atom stereocenters. The minimum absolute atomic E-state index is 0.133. The van der Waals surface area contributed by atoms with Crippen LogP contribution in [0.25, 0.3) is 10.8 Å². The minimum Gasteiger partial charge on any atom is -0.462 e. The van der Waals surface area contributed by atoms with Crippen molar-refractivity contribution in [1.29, 1.82) is 0 Å². The molecule has 5 nitrogen and oxygen atoms in total. The average Bonchev–Trinajstić information content (AvgIpc) is 3.39. The van der Waals surface area contributed by atoms with Crippen LogP contribution < -0.4 is 5.32 Å². The zero-order chi connectivity index (χ0) is 19.2. The van der Waals surface area contributed by atoms with E-state index in [0.29, 0.717) is 22.8 Å². The number of hydrogen-bond acceptors (Lipinski definition) is 5. The van der Waals surface area contributed by atoms with Gasteiger partial charge in [0.25, 0.3) is 0 Å². The van der Waals surface area contributed by atoms with Gasteiger partial charge in [-0.2, -0.15) is 0 Å². The van der Waals surface area contributed by atoms with E-state index in [0.717, 1.165) is 10.6 Å². The van der Waals surface area contributed by atoms with E-state index in [1.54, 1.807) is 12.5 Å². The van der Waals surface area contributed by atoms with Crippen molar-refractivity contribution in [2.45, 2.75) is 6.42 Å². The van der Waals surface area contributed by atoms with Gasteiger partial charge in [0.1, 0.15) is 5.69 Å². The number of carbonyl (C=O) groups excluding carboxylic acids is 1. The van der Waals surface area contributed by atoms with Crippen LogP contribution >= 0.6 is 11.3 Å². The van der Waals surface area contributed by atoms with E-state index in [-0.39, 0.29) is 12.3 Å². The Morgan fingerprint density at radius 2 is 2.07 bits per heavy atom. The maximum absolute atomic E-state index is 12.4. The van der Waals surface area contributed by atoms with Crippen molar-refractivity contribution in [3.63, 3.8) is 0 Å². The highest BCUT2D eigenvalue weighted by Gasteiger charge is 2.11. The first-order valence-electron chi connectivity index (χ1n) is 8.57. The third-order valence-electron chi connectivity index (χ3n) is 3.77. The summed E-state index contributed by atoms with van der Waals surface area (Å²) in [5.41, 5.74) is 2.91. The molecule has 0 atom stereocenters. The zero-order valence-corrected chi connectivity index (χ0v) is 15.6. The lowest BCUT2D eigenvalue weighted by Gasteiger charge is -2.04. The normalized spacial score (nSPS) is 10.1. The monoisotopic (exact) mass is 385 g/mol. The lowest BCUT2D eigenvalue weighted by molar-refractivity contribution is -0.115. The van der Waals surface area contributed by atoms with Crippen LogP contribution in [0, 0.1) is 11.8 Å². The molecule has 0 radical (unpaired) electrons. The highest BCUT2D eigenvalue weighted by molar-refractivity contribution is 7.13. The number of rotatable bonds is 4. The molecule has 4 rings (SSSR count). The van der Waals surface area contributed by atoms with Crippen molar-refractivity contribution in [3.05, 3.63) is 89.4 Å². The molecule has 0 fully saturated rings. The van der Waals surface area contributed by atoms with Crippen molar-refractivity contribution in [2.75, 3.05) is 5.32 Å². The van der Waals surface area contributed by atoms with E-state index in [9.17, 15) is 4.79 Å². The fraction of sp³-hybridized carbons (Fsp3) is 0.0455. The third kappa shape index (κ3) is 4.53. The SMILES string of the molecule is O=C(Cc1csc(-c2ccco2)n1)Nc1cccc(C#Cc2ccccn2)c1. The highest BCUT2D eigenvalue weighted by atomic mass is 32.1. The van der Waals surface area contributed by atoms with Gasteiger partial charge in [-0.3, -0.25) is 4.79 Å². The van der Waals surface area contributed by atoms with E-state index < -0.39 is 0 Å². The summed E-state index contributed by atoms with van der Waals surface area (Å²) in [7, 11) is 0. The molecule has 0 bridgehead atoms. The molecule has 0 aliphatic heterocycles. The predicted octanol–water partition coefficient (Wildman–Crippen LogP) is 4.38. The number of furan rings is 1. The van der Waals surface area contributed by atoms with Gasteiger partial charge in [0.15, 0.2) is 10.8 Å². The van der Waals surface area contributed by atoms with Crippen molar-refractivity contribution < 1.29 is 9.21 Å². The summed E-state index contributed by atoms with van der Waals surface area (Å²) in [5.74, 6) is 6.64. The quantitative estimate of drug-likeness (QED) is 0.530. The Balaban J connectivity index is 1.40. The van der Waals surface area contributed by atoms with Crippen molar-refractivity contribution in [2.24, 2.45) is 0 Å². The molecule has 1 N–H and O–H groups in total. The van der Waals surface area contributed by atoms with Crippen molar-refractivity contribution >= 4 is 22.9 Å². The van der Waals surface area contributed by atoms with Gasteiger partial charge in [-0.15, -0.1) is 11.3 Å². The molecule has 1 amide bonds. The molecule has 6 heteroatoms. The Morgan fingerprint density at radius 3 is 2.89 bits per heavy atom. The first kappa shape index (κ1) is 17.7. The van der Waals surface area contributed by atoms with Crippen LogP contribution in [0.5, 0.6) is 0 Å². The molecule has 1 aromatic carbocycles. The standard InChI is InChI=1S/C22H15N3O2S/c26-21(14-19-15-28-22(25-19)20-8-4-12-27-20)24-18-7-3-5-16(13-18)9-10-17-6-1-2-11-23-17/h1-8,11-13,15H,14H2,(H,24,26). The van der Waals surface area contributed by atoms with Crippen molar-refractivity contribution in [1.82, 2.24) is 9.97 Å². The topological polar surface area (TPSA) is 68.0 Å². The lowest BCUT2D eigenvalue weighted by Crippen LogP contribution is -2.14. The van der Waals surface area contributed by atoms with Crippen LogP contribution in [0.4, 0.5) is 5.69 Å². The number of nitrogens with one attached hydrogen (secondary N) is 1. The Labute approximate surface area is 166 Å². The van der Waals surface area contributed by atoms with Crippen LogP contribution in [0.2, 0.25) is 0 Å². The van der Waals surface area contributed by atoms with E-state index in [1.165, 1.54) is 11.3 Å². The van der Waals surface area contributed by atoms with Gasteiger partial charge in [0.05, 0.1) is 18.4 Å². The number of pyridine rings is 1. The minimum atomic E-state index is -0.133. The molecule has 0 spiro atoms. The molecule has 4 aromatic rings. The summed E-state index contributed by atoms with van der Waals surface area (Å²) in [5, 5.41) is 5.52. The van der Waals surface area contributed by atoms with Gasteiger partial charge in [0.2, 0.25) is 5.91 Å². The number of aromatic nitrogens is 2. The van der Waals surface area contributed by atoms with Crippen LogP contribution in [-0.4, -0.2) is 15.9 Å². The van der Waals surface area contributed by atoms with Gasteiger partial charge in [-0.1, -0.05) is 18.1 Å².